The van der Waals surface area contributed by atoms with Crippen LogP contribution >= 0.6 is 22.7 Å². The average molecular weight is 302 g/mol. The highest BCUT2D eigenvalue weighted by atomic mass is 32.1. The third kappa shape index (κ3) is 2.84. The molecule has 3 aromatic rings. The number of nitrogens with one attached hydrogen (secondary N) is 2. The maximum absolute atomic E-state index is 11.1. The fraction of sp³-hybridized carbons (Fsp3) is 0.133. The van der Waals surface area contributed by atoms with Crippen LogP contribution in [-0.2, 0) is 11.3 Å². The average Bonchev–Trinajstić information content (AvgIpc) is 3.03. The second kappa shape index (κ2) is 5.64. The molecule has 1 amide bonds. The van der Waals surface area contributed by atoms with Crippen LogP contribution in [0.25, 0.3) is 10.1 Å². The summed E-state index contributed by atoms with van der Waals surface area (Å²) in [5.41, 5.74) is 1.99. The lowest BCUT2D eigenvalue weighted by molar-refractivity contribution is -0.114. The van der Waals surface area contributed by atoms with Crippen LogP contribution in [0, 0.1) is 0 Å². The molecule has 3 rings (SSSR count). The van der Waals surface area contributed by atoms with Crippen LogP contribution in [0.4, 0.5) is 11.4 Å². The fourth-order valence-electron chi connectivity index (χ4n) is 2.04. The molecular weight excluding hydrogens is 288 g/mol. The molecule has 0 unspecified atom stereocenters. The van der Waals surface area contributed by atoms with E-state index >= 15 is 0 Å². The van der Waals surface area contributed by atoms with E-state index < -0.39 is 0 Å². The predicted octanol–water partition coefficient (Wildman–Crippen LogP) is 4.53. The van der Waals surface area contributed by atoms with Gasteiger partial charge in [-0.15, -0.1) is 22.7 Å². The van der Waals surface area contributed by atoms with Gasteiger partial charge in [0.05, 0.1) is 12.2 Å². The Kier molecular flexibility index (Phi) is 3.71. The molecule has 20 heavy (non-hydrogen) atoms. The van der Waals surface area contributed by atoms with Crippen LogP contribution in [0.2, 0.25) is 0 Å². The lowest BCUT2D eigenvalue weighted by Crippen LogP contribution is -2.08. The Balaban J connectivity index is 1.72. The van der Waals surface area contributed by atoms with Gasteiger partial charge >= 0.3 is 0 Å². The summed E-state index contributed by atoms with van der Waals surface area (Å²) in [7, 11) is 0. The zero-order chi connectivity index (χ0) is 13.9. The number of hydrogen-bond acceptors (Lipinski definition) is 4. The van der Waals surface area contributed by atoms with Crippen molar-refractivity contribution in [2.24, 2.45) is 0 Å². The molecular formula is C15H14N2OS2. The number of anilines is 2. The summed E-state index contributed by atoms with van der Waals surface area (Å²) >= 11 is 3.39. The van der Waals surface area contributed by atoms with Gasteiger partial charge < -0.3 is 10.6 Å². The van der Waals surface area contributed by atoms with Gasteiger partial charge in [0.1, 0.15) is 0 Å². The Labute approximate surface area is 125 Å². The van der Waals surface area contributed by atoms with Gasteiger partial charge in [-0.1, -0.05) is 0 Å². The molecule has 102 valence electrons. The summed E-state index contributed by atoms with van der Waals surface area (Å²) in [5.74, 6) is -0.0376. The second-order valence-corrected chi connectivity index (χ2v) is 6.41. The largest absolute Gasteiger partial charge is 0.380 e. The monoisotopic (exact) mass is 302 g/mol. The number of carbonyl (C=O) groups excluding carboxylic acids is 1. The number of carbonyl (C=O) groups is 1. The minimum Gasteiger partial charge on any atom is -0.380 e. The van der Waals surface area contributed by atoms with Crippen LogP contribution in [-0.4, -0.2) is 5.91 Å². The van der Waals surface area contributed by atoms with Crippen LogP contribution in [0.5, 0.6) is 0 Å². The number of fused-ring (bicyclic) bond motifs is 1. The summed E-state index contributed by atoms with van der Waals surface area (Å²) in [5, 5.41) is 11.6. The van der Waals surface area contributed by atoms with E-state index in [-0.39, 0.29) is 5.91 Å². The molecule has 0 saturated carbocycles. The first-order valence-corrected chi connectivity index (χ1v) is 8.03. The van der Waals surface area contributed by atoms with Crippen molar-refractivity contribution in [2.45, 2.75) is 13.5 Å². The molecule has 2 heterocycles. The van der Waals surface area contributed by atoms with Crippen LogP contribution < -0.4 is 10.6 Å². The predicted molar refractivity (Wildman–Crippen MR) is 87.8 cm³/mol. The molecule has 0 saturated heterocycles. The molecule has 2 N–H and O–H groups in total. The second-order valence-electron chi connectivity index (χ2n) is 4.47. The summed E-state index contributed by atoms with van der Waals surface area (Å²) in [6.45, 7) is 2.24. The summed E-state index contributed by atoms with van der Waals surface area (Å²) in [4.78, 5) is 12.3. The van der Waals surface area contributed by atoms with Gasteiger partial charge in [-0.2, -0.15) is 0 Å². The molecule has 0 spiro atoms. The highest BCUT2D eigenvalue weighted by Gasteiger charge is 2.06. The molecule has 0 fully saturated rings. The van der Waals surface area contributed by atoms with Gasteiger partial charge in [0.15, 0.2) is 0 Å². The zero-order valence-corrected chi connectivity index (χ0v) is 12.6. The Morgan fingerprint density at radius 2 is 2.00 bits per heavy atom. The van der Waals surface area contributed by atoms with Gasteiger partial charge in [-0.25, -0.2) is 0 Å². The van der Waals surface area contributed by atoms with Crippen molar-refractivity contribution in [3.05, 3.63) is 46.0 Å². The quantitative estimate of drug-likeness (QED) is 0.743. The van der Waals surface area contributed by atoms with Gasteiger partial charge in [-0.05, 0) is 46.5 Å². The van der Waals surface area contributed by atoms with E-state index in [4.69, 9.17) is 0 Å². The van der Waals surface area contributed by atoms with Crippen LogP contribution in [0.3, 0.4) is 0 Å². The van der Waals surface area contributed by atoms with Gasteiger partial charge in [0, 0.05) is 22.2 Å². The molecule has 5 heteroatoms. The van der Waals surface area contributed by atoms with Crippen molar-refractivity contribution >= 4 is 50.0 Å². The SMILES string of the molecule is CC(=O)Nc1ccsc1CNc1ccc2sccc2c1. The van der Waals surface area contributed by atoms with E-state index in [2.05, 4.69) is 40.3 Å². The van der Waals surface area contributed by atoms with E-state index in [1.165, 1.54) is 17.0 Å². The molecule has 1 aromatic carbocycles. The molecule has 0 bridgehead atoms. The third-order valence-corrected chi connectivity index (χ3v) is 4.78. The summed E-state index contributed by atoms with van der Waals surface area (Å²) < 4.78 is 1.30. The molecule has 2 aromatic heterocycles. The zero-order valence-electron chi connectivity index (χ0n) is 11.0. The van der Waals surface area contributed by atoms with Gasteiger partial charge in [0.25, 0.3) is 0 Å². The number of rotatable bonds is 4. The molecule has 0 aliphatic rings. The Morgan fingerprint density at radius 3 is 2.85 bits per heavy atom. The number of thiophene rings is 2. The van der Waals surface area contributed by atoms with Crippen molar-refractivity contribution in [2.75, 3.05) is 10.6 Å². The van der Waals surface area contributed by atoms with Crippen molar-refractivity contribution in [1.82, 2.24) is 0 Å². The van der Waals surface area contributed by atoms with Crippen molar-refractivity contribution in [3.63, 3.8) is 0 Å². The van der Waals surface area contributed by atoms with E-state index in [1.807, 2.05) is 11.4 Å². The summed E-state index contributed by atoms with van der Waals surface area (Å²) in [6, 6.07) is 10.4. The first kappa shape index (κ1) is 13.1. The lowest BCUT2D eigenvalue weighted by atomic mass is 10.2. The van der Waals surface area contributed by atoms with Crippen LogP contribution in [0.1, 0.15) is 11.8 Å². The highest BCUT2D eigenvalue weighted by Crippen LogP contribution is 2.26. The van der Waals surface area contributed by atoms with Gasteiger partial charge in [-0.3, -0.25) is 4.79 Å². The number of hydrogen-bond donors (Lipinski definition) is 2. The lowest BCUT2D eigenvalue weighted by Gasteiger charge is -2.08. The standard InChI is InChI=1S/C15H14N2OS2/c1-10(18)17-13-5-7-20-15(13)9-16-12-2-3-14-11(8-12)4-6-19-14/h2-8,16H,9H2,1H3,(H,17,18). The van der Waals surface area contributed by atoms with Crippen molar-refractivity contribution in [1.29, 1.82) is 0 Å². The third-order valence-electron chi connectivity index (χ3n) is 2.96. The Bertz CT molecular complexity index is 745. The number of benzene rings is 1. The minimum absolute atomic E-state index is 0.0376. The molecule has 0 aliphatic carbocycles. The molecule has 0 radical (unpaired) electrons. The molecule has 0 aliphatic heterocycles. The fourth-order valence-corrected chi connectivity index (χ4v) is 3.58. The van der Waals surface area contributed by atoms with E-state index in [1.54, 1.807) is 22.7 Å². The van der Waals surface area contributed by atoms with E-state index in [9.17, 15) is 4.79 Å². The van der Waals surface area contributed by atoms with Gasteiger partial charge in [0.2, 0.25) is 5.91 Å². The maximum atomic E-state index is 11.1. The first-order valence-electron chi connectivity index (χ1n) is 6.27. The smallest absolute Gasteiger partial charge is 0.221 e. The van der Waals surface area contributed by atoms with E-state index in [0.29, 0.717) is 6.54 Å². The van der Waals surface area contributed by atoms with Crippen LogP contribution in [0.15, 0.2) is 41.1 Å². The van der Waals surface area contributed by atoms with Crippen molar-refractivity contribution < 1.29 is 4.79 Å². The molecule has 3 nitrogen and oxygen atoms in total. The normalized spacial score (nSPS) is 10.7. The Morgan fingerprint density at radius 1 is 1.15 bits per heavy atom. The van der Waals surface area contributed by atoms with Crippen molar-refractivity contribution in [3.8, 4) is 0 Å². The highest BCUT2D eigenvalue weighted by molar-refractivity contribution is 7.17. The minimum atomic E-state index is -0.0376. The molecule has 0 atom stereocenters. The Hall–Kier alpha value is -1.85. The maximum Gasteiger partial charge on any atom is 0.221 e. The first-order chi connectivity index (χ1) is 9.72. The number of amides is 1. The topological polar surface area (TPSA) is 41.1 Å². The van der Waals surface area contributed by atoms with E-state index in [0.717, 1.165) is 16.3 Å². The summed E-state index contributed by atoms with van der Waals surface area (Å²) in [6.07, 6.45) is 0.